The fourth-order valence-corrected chi connectivity index (χ4v) is 6.82. The van der Waals surface area contributed by atoms with Crippen molar-refractivity contribution in [3.8, 4) is 11.5 Å². The van der Waals surface area contributed by atoms with Crippen molar-refractivity contribution >= 4 is 43.5 Å². The Hall–Kier alpha value is -4.35. The van der Waals surface area contributed by atoms with Crippen molar-refractivity contribution in [3.63, 3.8) is 0 Å². The van der Waals surface area contributed by atoms with Gasteiger partial charge in [0.2, 0.25) is 11.8 Å². The lowest BCUT2D eigenvalue weighted by molar-refractivity contribution is -0.140. The Kier molecular flexibility index (Phi) is 11.9. The Balaban J connectivity index is 1.88. The second kappa shape index (κ2) is 15.7. The van der Waals surface area contributed by atoms with Crippen LogP contribution in [0.1, 0.15) is 37.5 Å². The van der Waals surface area contributed by atoms with E-state index < -0.39 is 34.1 Å². The number of carbonyl (C=O) groups excluding carboxylic acids is 2. The van der Waals surface area contributed by atoms with Crippen LogP contribution in [-0.2, 0) is 32.6 Å². The first-order valence-corrected chi connectivity index (χ1v) is 17.7. The molecule has 1 atom stereocenters. The third-order valence-electron chi connectivity index (χ3n) is 7.58. The quantitative estimate of drug-likeness (QED) is 0.168. The summed E-state index contributed by atoms with van der Waals surface area (Å²) in [5.74, 6) is -0.335. The number of sulfonamides is 1. The van der Waals surface area contributed by atoms with E-state index in [9.17, 15) is 18.0 Å². The summed E-state index contributed by atoms with van der Waals surface area (Å²) in [6.45, 7) is 6.90. The van der Waals surface area contributed by atoms with E-state index in [1.807, 2.05) is 82.3 Å². The maximum absolute atomic E-state index is 14.7. The highest BCUT2D eigenvalue weighted by Crippen LogP contribution is 2.36. The predicted molar refractivity (Wildman–Crippen MR) is 192 cm³/mol. The molecule has 0 heterocycles. The minimum absolute atomic E-state index is 0.00320. The molecule has 4 rings (SSSR count). The first-order chi connectivity index (χ1) is 22.7. The molecule has 11 heteroatoms. The van der Waals surface area contributed by atoms with Crippen LogP contribution in [0.2, 0.25) is 0 Å². The molecule has 0 aliphatic carbocycles. The van der Waals surface area contributed by atoms with Crippen molar-refractivity contribution < 1.29 is 27.5 Å². The number of halogens is 1. The second-order valence-electron chi connectivity index (χ2n) is 12.5. The summed E-state index contributed by atoms with van der Waals surface area (Å²) >= 11 is 3.46. The lowest BCUT2D eigenvalue weighted by Crippen LogP contribution is -2.56. The van der Waals surface area contributed by atoms with Gasteiger partial charge < -0.3 is 19.7 Å². The maximum atomic E-state index is 14.7. The molecule has 1 unspecified atom stereocenters. The van der Waals surface area contributed by atoms with Crippen LogP contribution in [0.3, 0.4) is 0 Å². The van der Waals surface area contributed by atoms with Crippen molar-refractivity contribution in [1.29, 1.82) is 0 Å². The van der Waals surface area contributed by atoms with E-state index in [0.29, 0.717) is 5.75 Å². The first kappa shape index (κ1) is 36.5. The number of methoxy groups -OCH3 is 2. The molecular weight excluding hydrogens is 694 g/mol. The molecule has 48 heavy (non-hydrogen) atoms. The summed E-state index contributed by atoms with van der Waals surface area (Å²) < 4.78 is 41.7. The Bertz CT molecular complexity index is 1810. The highest BCUT2D eigenvalue weighted by Gasteiger charge is 2.36. The number of anilines is 1. The number of ether oxygens (including phenoxy) is 2. The lowest BCUT2D eigenvalue weighted by atomic mass is 10.0. The Morgan fingerprint density at radius 3 is 2.08 bits per heavy atom. The van der Waals surface area contributed by atoms with Crippen LogP contribution in [0.5, 0.6) is 11.5 Å². The van der Waals surface area contributed by atoms with E-state index in [4.69, 9.17) is 9.47 Å². The molecule has 0 spiro atoms. The number of benzene rings is 4. The van der Waals surface area contributed by atoms with E-state index in [0.717, 1.165) is 25.5 Å². The van der Waals surface area contributed by atoms with Gasteiger partial charge in [-0.15, -0.1) is 0 Å². The summed E-state index contributed by atoms with van der Waals surface area (Å²) in [6, 6.07) is 27.0. The van der Waals surface area contributed by atoms with E-state index in [-0.39, 0.29) is 35.2 Å². The van der Waals surface area contributed by atoms with E-state index >= 15 is 0 Å². The number of rotatable bonds is 13. The largest absolute Gasteiger partial charge is 0.497 e. The van der Waals surface area contributed by atoms with Gasteiger partial charge in [0, 0.05) is 29.0 Å². The van der Waals surface area contributed by atoms with Crippen LogP contribution in [0, 0.1) is 6.92 Å². The van der Waals surface area contributed by atoms with Crippen molar-refractivity contribution in [3.05, 3.63) is 118 Å². The highest BCUT2D eigenvalue weighted by molar-refractivity contribution is 9.10. The number of aryl methyl sites for hydroxylation is 1. The zero-order chi connectivity index (χ0) is 35.1. The smallest absolute Gasteiger partial charge is 0.264 e. The van der Waals surface area contributed by atoms with E-state index in [1.165, 1.54) is 37.3 Å². The molecule has 0 aromatic heterocycles. The summed E-state index contributed by atoms with van der Waals surface area (Å²) in [7, 11) is -1.43. The molecule has 254 valence electrons. The molecular formula is C37H42BrN3O6S. The molecule has 0 aliphatic rings. The van der Waals surface area contributed by atoms with E-state index in [1.54, 1.807) is 24.3 Å². The first-order valence-electron chi connectivity index (χ1n) is 15.4. The average molecular weight is 737 g/mol. The standard InChI is InChI=1S/C37H42BrN3O6S/c1-26-12-19-31(20-13-26)48(44,45)41(32-23-30(46-5)18-21-34(32)47-6)25-35(42)40(24-28-14-16-29(38)17-15-28)33(36(43)39-37(2,3)4)22-27-10-8-7-9-11-27/h7-21,23,33H,22,24-25H2,1-6H3,(H,39,43). The van der Waals surface area contributed by atoms with E-state index in [2.05, 4.69) is 21.2 Å². The van der Waals surface area contributed by atoms with Gasteiger partial charge in [-0.25, -0.2) is 8.42 Å². The van der Waals surface area contributed by atoms with Gasteiger partial charge in [-0.05, 0) is 75.2 Å². The monoisotopic (exact) mass is 735 g/mol. The van der Waals surface area contributed by atoms with Gasteiger partial charge in [0.25, 0.3) is 10.0 Å². The summed E-state index contributed by atoms with van der Waals surface area (Å²) in [6.07, 6.45) is 0.207. The Labute approximate surface area is 292 Å². The number of hydrogen-bond acceptors (Lipinski definition) is 6. The van der Waals surface area contributed by atoms with Gasteiger partial charge in [0.05, 0.1) is 24.8 Å². The SMILES string of the molecule is COc1ccc(OC)c(N(CC(=O)N(Cc2ccc(Br)cc2)C(Cc2ccccc2)C(=O)NC(C)(C)C)S(=O)(=O)c2ccc(C)cc2)c1. The van der Waals surface area contributed by atoms with Crippen LogP contribution in [0.4, 0.5) is 5.69 Å². The van der Waals surface area contributed by atoms with Crippen molar-refractivity contribution in [2.75, 3.05) is 25.1 Å². The normalized spacial score (nSPS) is 12.1. The molecule has 0 saturated heterocycles. The number of hydrogen-bond donors (Lipinski definition) is 1. The zero-order valence-corrected chi connectivity index (χ0v) is 30.5. The lowest BCUT2D eigenvalue weighted by Gasteiger charge is -2.35. The zero-order valence-electron chi connectivity index (χ0n) is 28.1. The third-order valence-corrected chi connectivity index (χ3v) is 9.88. The molecule has 9 nitrogen and oxygen atoms in total. The Morgan fingerprint density at radius 1 is 0.854 bits per heavy atom. The van der Waals surface area contributed by atoms with Gasteiger partial charge in [-0.1, -0.05) is 76.1 Å². The average Bonchev–Trinajstić information content (AvgIpc) is 3.05. The molecule has 4 aromatic rings. The fourth-order valence-electron chi connectivity index (χ4n) is 5.14. The molecule has 0 radical (unpaired) electrons. The van der Waals surface area contributed by atoms with Gasteiger partial charge in [-0.2, -0.15) is 0 Å². The molecule has 0 aliphatic heterocycles. The third kappa shape index (κ3) is 9.38. The predicted octanol–water partition coefficient (Wildman–Crippen LogP) is 6.52. The highest BCUT2D eigenvalue weighted by atomic mass is 79.9. The molecule has 0 bridgehead atoms. The van der Waals surface area contributed by atoms with Crippen LogP contribution in [-0.4, -0.2) is 57.5 Å². The minimum atomic E-state index is -4.33. The second-order valence-corrected chi connectivity index (χ2v) is 15.2. The molecule has 1 N–H and O–H groups in total. The Morgan fingerprint density at radius 2 is 1.50 bits per heavy atom. The van der Waals surface area contributed by atoms with Gasteiger partial charge in [-0.3, -0.25) is 13.9 Å². The van der Waals surface area contributed by atoms with Crippen LogP contribution in [0.15, 0.2) is 106 Å². The van der Waals surface area contributed by atoms with Gasteiger partial charge in [0.15, 0.2) is 0 Å². The summed E-state index contributed by atoms with van der Waals surface area (Å²) in [5, 5.41) is 3.04. The van der Waals surface area contributed by atoms with Crippen LogP contribution >= 0.6 is 15.9 Å². The van der Waals surface area contributed by atoms with Gasteiger partial charge in [0.1, 0.15) is 24.1 Å². The van der Waals surface area contributed by atoms with Crippen molar-refractivity contribution in [2.24, 2.45) is 0 Å². The number of amides is 2. The molecule has 0 saturated carbocycles. The molecule has 0 fully saturated rings. The molecule has 2 amide bonds. The molecule has 4 aromatic carbocycles. The van der Waals surface area contributed by atoms with Crippen LogP contribution in [0.25, 0.3) is 0 Å². The maximum Gasteiger partial charge on any atom is 0.264 e. The summed E-state index contributed by atoms with van der Waals surface area (Å²) in [5.41, 5.74) is 2.02. The fraction of sp³-hybridized carbons (Fsp3) is 0.297. The van der Waals surface area contributed by atoms with Crippen molar-refractivity contribution in [1.82, 2.24) is 10.2 Å². The number of nitrogens with one attached hydrogen (secondary N) is 1. The topological polar surface area (TPSA) is 105 Å². The summed E-state index contributed by atoms with van der Waals surface area (Å²) in [4.78, 5) is 30.3. The van der Waals surface area contributed by atoms with Crippen LogP contribution < -0.4 is 19.1 Å². The minimum Gasteiger partial charge on any atom is -0.497 e. The van der Waals surface area contributed by atoms with Crippen molar-refractivity contribution in [2.45, 2.75) is 57.1 Å². The number of carbonyl (C=O) groups is 2. The number of nitrogens with zero attached hydrogens (tertiary/aromatic N) is 2. The van der Waals surface area contributed by atoms with Gasteiger partial charge >= 0.3 is 0 Å².